The summed E-state index contributed by atoms with van der Waals surface area (Å²) in [6.07, 6.45) is -0.673. The third-order valence-electron chi connectivity index (χ3n) is 4.30. The number of nitrogens with one attached hydrogen (secondary N) is 2. The number of benzene rings is 2. The summed E-state index contributed by atoms with van der Waals surface area (Å²) in [5, 5.41) is 13.7. The number of methoxy groups -OCH3 is 1. The molecule has 0 aliphatic heterocycles. The van der Waals surface area contributed by atoms with Crippen LogP contribution in [0.1, 0.15) is 31.9 Å². The molecule has 0 unspecified atom stereocenters. The molecule has 2 aromatic rings. The summed E-state index contributed by atoms with van der Waals surface area (Å²) in [4.78, 5) is 36.6. The molecule has 0 aliphatic carbocycles. The number of rotatable bonds is 8. The molecule has 9 heteroatoms. The fraction of sp³-hybridized carbons (Fsp3) is 0.280. The van der Waals surface area contributed by atoms with Crippen molar-refractivity contribution in [3.63, 3.8) is 0 Å². The standard InChI is InChI=1S/C25H27N3O6/c1-16(23(30)32-5)27-22(29)21(28-24(31)34-25(2,3)4)14-17-6-10-19(11-7-17)33-20-12-8-18(15-26)9-13-20/h6-13,21H,1,14H2,2-5H3,(H,27,29)(H,28,31)/t21-/m0/s1. The van der Waals surface area contributed by atoms with Gasteiger partial charge in [-0.2, -0.15) is 5.26 Å². The van der Waals surface area contributed by atoms with Crippen molar-refractivity contribution in [2.24, 2.45) is 0 Å². The molecule has 0 aromatic heterocycles. The van der Waals surface area contributed by atoms with Gasteiger partial charge < -0.3 is 24.8 Å². The molecule has 1 atom stereocenters. The third kappa shape index (κ3) is 8.31. The zero-order valence-electron chi connectivity index (χ0n) is 19.5. The van der Waals surface area contributed by atoms with Crippen LogP contribution in [-0.4, -0.2) is 36.7 Å². The van der Waals surface area contributed by atoms with E-state index in [-0.39, 0.29) is 12.1 Å². The van der Waals surface area contributed by atoms with Crippen molar-refractivity contribution in [1.82, 2.24) is 10.6 Å². The average Bonchev–Trinajstić information content (AvgIpc) is 2.78. The second kappa shape index (κ2) is 11.5. The number of alkyl carbamates (subject to hydrolysis) is 1. The van der Waals surface area contributed by atoms with Crippen molar-refractivity contribution in [2.75, 3.05) is 7.11 Å². The molecule has 0 saturated carbocycles. The van der Waals surface area contributed by atoms with E-state index in [9.17, 15) is 14.4 Å². The highest BCUT2D eigenvalue weighted by atomic mass is 16.6. The Hall–Kier alpha value is -4.32. The van der Waals surface area contributed by atoms with E-state index in [2.05, 4.69) is 21.9 Å². The normalized spacial score (nSPS) is 11.4. The Labute approximate surface area is 198 Å². The molecule has 0 saturated heterocycles. The number of carbonyl (C=O) groups is 3. The van der Waals surface area contributed by atoms with Crippen LogP contribution in [0.4, 0.5) is 4.79 Å². The van der Waals surface area contributed by atoms with E-state index in [0.29, 0.717) is 22.6 Å². The van der Waals surface area contributed by atoms with Gasteiger partial charge in [0.2, 0.25) is 5.91 Å². The van der Waals surface area contributed by atoms with Crippen molar-refractivity contribution in [2.45, 2.75) is 38.8 Å². The third-order valence-corrected chi connectivity index (χ3v) is 4.30. The zero-order valence-corrected chi connectivity index (χ0v) is 19.5. The van der Waals surface area contributed by atoms with Crippen LogP contribution < -0.4 is 15.4 Å². The summed E-state index contributed by atoms with van der Waals surface area (Å²) in [5.41, 5.74) is 0.228. The van der Waals surface area contributed by atoms with Crippen LogP contribution in [-0.2, 0) is 25.5 Å². The fourth-order valence-electron chi connectivity index (χ4n) is 2.73. The van der Waals surface area contributed by atoms with Crippen LogP contribution in [0, 0.1) is 11.3 Å². The lowest BCUT2D eigenvalue weighted by molar-refractivity contribution is -0.138. The van der Waals surface area contributed by atoms with E-state index in [4.69, 9.17) is 14.7 Å². The molecule has 2 rings (SSSR count). The molecule has 0 bridgehead atoms. The van der Waals surface area contributed by atoms with Crippen molar-refractivity contribution in [3.05, 3.63) is 71.9 Å². The molecule has 178 valence electrons. The molecule has 2 amide bonds. The van der Waals surface area contributed by atoms with Crippen LogP contribution in [0.2, 0.25) is 0 Å². The predicted molar refractivity (Wildman–Crippen MR) is 124 cm³/mol. The number of carbonyl (C=O) groups excluding carboxylic acids is 3. The maximum Gasteiger partial charge on any atom is 0.408 e. The highest BCUT2D eigenvalue weighted by Gasteiger charge is 2.26. The predicted octanol–water partition coefficient (Wildman–Crippen LogP) is 3.59. The van der Waals surface area contributed by atoms with Gasteiger partial charge >= 0.3 is 12.1 Å². The van der Waals surface area contributed by atoms with E-state index < -0.39 is 29.6 Å². The van der Waals surface area contributed by atoms with E-state index in [1.54, 1.807) is 69.3 Å². The second-order valence-electron chi connectivity index (χ2n) is 8.24. The van der Waals surface area contributed by atoms with Gasteiger partial charge in [-0.15, -0.1) is 0 Å². The van der Waals surface area contributed by atoms with Crippen molar-refractivity contribution >= 4 is 18.0 Å². The minimum atomic E-state index is -1.05. The summed E-state index contributed by atoms with van der Waals surface area (Å²) in [7, 11) is 1.16. The number of amides is 2. The molecule has 2 N–H and O–H groups in total. The molecule has 0 radical (unpaired) electrons. The quantitative estimate of drug-likeness (QED) is 0.450. The molecule has 34 heavy (non-hydrogen) atoms. The highest BCUT2D eigenvalue weighted by Crippen LogP contribution is 2.22. The first-order valence-electron chi connectivity index (χ1n) is 10.4. The molecule has 0 aliphatic rings. The monoisotopic (exact) mass is 465 g/mol. The summed E-state index contributed by atoms with van der Waals surface area (Å²) < 4.78 is 15.5. The van der Waals surface area contributed by atoms with E-state index in [1.165, 1.54) is 0 Å². The average molecular weight is 466 g/mol. The summed E-state index contributed by atoms with van der Waals surface area (Å²) in [6, 6.07) is 14.6. The second-order valence-corrected chi connectivity index (χ2v) is 8.24. The lowest BCUT2D eigenvalue weighted by atomic mass is 10.0. The van der Waals surface area contributed by atoms with Gasteiger partial charge in [-0.25, -0.2) is 9.59 Å². The van der Waals surface area contributed by atoms with Gasteiger partial charge in [-0.1, -0.05) is 18.7 Å². The Kier molecular flexibility index (Phi) is 8.79. The summed E-state index contributed by atoms with van der Waals surface area (Å²) in [6.45, 7) is 8.58. The Balaban J connectivity index is 2.12. The van der Waals surface area contributed by atoms with Gasteiger partial charge in [0.1, 0.15) is 28.8 Å². The SMILES string of the molecule is C=C(NC(=O)[C@H](Cc1ccc(Oc2ccc(C#N)cc2)cc1)NC(=O)OC(C)(C)C)C(=O)OC. The lowest BCUT2D eigenvalue weighted by Gasteiger charge is -2.23. The first-order chi connectivity index (χ1) is 16.0. The van der Waals surface area contributed by atoms with E-state index in [1.807, 2.05) is 6.07 Å². The minimum absolute atomic E-state index is 0.108. The molecule has 2 aromatic carbocycles. The maximum absolute atomic E-state index is 12.7. The summed E-state index contributed by atoms with van der Waals surface area (Å²) in [5.74, 6) is -0.335. The van der Waals surface area contributed by atoms with Gasteiger partial charge in [-0.05, 0) is 62.7 Å². The van der Waals surface area contributed by atoms with Gasteiger partial charge in [0, 0.05) is 6.42 Å². The molecular weight excluding hydrogens is 438 g/mol. The van der Waals surface area contributed by atoms with Gasteiger partial charge in [0.05, 0.1) is 18.7 Å². The number of hydrogen-bond acceptors (Lipinski definition) is 7. The van der Waals surface area contributed by atoms with Crippen molar-refractivity contribution in [1.29, 1.82) is 5.26 Å². The molecule has 0 fully saturated rings. The topological polar surface area (TPSA) is 127 Å². The molecule has 0 spiro atoms. The first-order valence-corrected chi connectivity index (χ1v) is 10.4. The molecular formula is C25H27N3O6. The van der Waals surface area contributed by atoms with Crippen LogP contribution >= 0.6 is 0 Å². The minimum Gasteiger partial charge on any atom is -0.464 e. The van der Waals surface area contributed by atoms with Gasteiger partial charge in [0.15, 0.2) is 0 Å². The van der Waals surface area contributed by atoms with Gasteiger partial charge in [0.25, 0.3) is 0 Å². The highest BCUT2D eigenvalue weighted by molar-refractivity contribution is 5.95. The van der Waals surface area contributed by atoms with Crippen LogP contribution in [0.25, 0.3) is 0 Å². The van der Waals surface area contributed by atoms with Crippen LogP contribution in [0.5, 0.6) is 11.5 Å². The molecule has 0 heterocycles. The Morgan fingerprint density at radius 2 is 1.59 bits per heavy atom. The van der Waals surface area contributed by atoms with E-state index in [0.717, 1.165) is 7.11 Å². The lowest BCUT2D eigenvalue weighted by Crippen LogP contribution is -2.49. The fourth-order valence-corrected chi connectivity index (χ4v) is 2.73. The first kappa shape index (κ1) is 25.9. The van der Waals surface area contributed by atoms with Crippen molar-refractivity contribution < 1.29 is 28.6 Å². The number of nitriles is 1. The van der Waals surface area contributed by atoms with Crippen LogP contribution in [0.3, 0.4) is 0 Å². The Bertz CT molecular complexity index is 1080. The number of nitrogens with zero attached hydrogens (tertiary/aromatic N) is 1. The zero-order chi connectivity index (χ0) is 25.3. The number of esters is 1. The van der Waals surface area contributed by atoms with Crippen LogP contribution in [0.15, 0.2) is 60.8 Å². The summed E-state index contributed by atoms with van der Waals surface area (Å²) >= 11 is 0. The maximum atomic E-state index is 12.7. The Morgan fingerprint density at radius 1 is 1.03 bits per heavy atom. The van der Waals surface area contributed by atoms with Crippen molar-refractivity contribution in [3.8, 4) is 17.6 Å². The number of ether oxygens (including phenoxy) is 3. The smallest absolute Gasteiger partial charge is 0.408 e. The Morgan fingerprint density at radius 3 is 2.09 bits per heavy atom. The van der Waals surface area contributed by atoms with E-state index >= 15 is 0 Å². The largest absolute Gasteiger partial charge is 0.464 e. The van der Waals surface area contributed by atoms with Gasteiger partial charge in [-0.3, -0.25) is 4.79 Å². The number of hydrogen-bond donors (Lipinski definition) is 2. The molecule has 9 nitrogen and oxygen atoms in total.